The lowest BCUT2D eigenvalue weighted by atomic mass is 9.93. The van der Waals surface area contributed by atoms with Gasteiger partial charge >= 0.3 is 0 Å². The minimum atomic E-state index is 0.272. The van der Waals surface area contributed by atoms with Crippen molar-refractivity contribution in [2.75, 3.05) is 18.6 Å². The van der Waals surface area contributed by atoms with Crippen molar-refractivity contribution in [3.8, 4) is 0 Å². The Labute approximate surface area is 95.9 Å². The Hall–Kier alpha value is -0.440. The molecule has 1 amide bonds. The number of hydrogen-bond donors (Lipinski definition) is 1. The third kappa shape index (κ3) is 2.57. The quantitative estimate of drug-likeness (QED) is 0.573. The van der Waals surface area contributed by atoms with E-state index in [-0.39, 0.29) is 11.8 Å². The van der Waals surface area contributed by atoms with Crippen LogP contribution in [-0.4, -0.2) is 24.5 Å². The van der Waals surface area contributed by atoms with Gasteiger partial charge in [0, 0.05) is 12.5 Å². The molecule has 0 spiro atoms. The van der Waals surface area contributed by atoms with Crippen molar-refractivity contribution in [2.45, 2.75) is 19.3 Å². The fraction of sp³-hybridized carbons (Fsp3) is 0.750. The smallest absolute Gasteiger partial charge is 0.223 e. The van der Waals surface area contributed by atoms with Gasteiger partial charge in [-0.25, -0.2) is 0 Å². The third-order valence-electron chi connectivity index (χ3n) is 3.44. The molecule has 1 N–H and O–H groups in total. The minimum Gasteiger partial charge on any atom is -0.356 e. The van der Waals surface area contributed by atoms with Gasteiger partial charge in [-0.3, -0.25) is 4.79 Å². The van der Waals surface area contributed by atoms with Crippen molar-refractivity contribution in [1.82, 2.24) is 5.32 Å². The fourth-order valence-corrected chi connectivity index (χ4v) is 3.07. The van der Waals surface area contributed by atoms with Crippen molar-refractivity contribution >= 4 is 17.7 Å². The Morgan fingerprint density at radius 1 is 1.47 bits per heavy atom. The van der Waals surface area contributed by atoms with Crippen molar-refractivity contribution in [3.63, 3.8) is 0 Å². The summed E-state index contributed by atoms with van der Waals surface area (Å²) in [6, 6.07) is 0. The highest BCUT2D eigenvalue weighted by atomic mass is 32.2. The van der Waals surface area contributed by atoms with Gasteiger partial charge in [-0.2, -0.15) is 11.8 Å². The van der Waals surface area contributed by atoms with Crippen LogP contribution in [0.15, 0.2) is 12.2 Å². The molecule has 3 atom stereocenters. The number of hydrogen-bond acceptors (Lipinski definition) is 2. The van der Waals surface area contributed by atoms with Gasteiger partial charge in [-0.15, -0.1) is 0 Å². The number of carbonyl (C=O) groups excluding carboxylic acids is 1. The number of amides is 1. The molecular formula is C12H19NOS. The highest BCUT2D eigenvalue weighted by molar-refractivity contribution is 7.98. The molecule has 0 saturated heterocycles. The van der Waals surface area contributed by atoms with Crippen molar-refractivity contribution in [3.05, 3.63) is 12.2 Å². The summed E-state index contributed by atoms with van der Waals surface area (Å²) in [5, 5.41) is 3.06. The van der Waals surface area contributed by atoms with Crippen LogP contribution in [0.3, 0.4) is 0 Å². The van der Waals surface area contributed by atoms with E-state index in [2.05, 4.69) is 23.7 Å². The van der Waals surface area contributed by atoms with Crippen molar-refractivity contribution < 1.29 is 4.79 Å². The molecule has 15 heavy (non-hydrogen) atoms. The van der Waals surface area contributed by atoms with Gasteiger partial charge in [0.1, 0.15) is 0 Å². The topological polar surface area (TPSA) is 29.1 Å². The number of thioether (sulfide) groups is 1. The molecule has 0 aromatic carbocycles. The van der Waals surface area contributed by atoms with Crippen LogP contribution in [0.4, 0.5) is 0 Å². The predicted molar refractivity (Wildman–Crippen MR) is 64.9 cm³/mol. The average molecular weight is 225 g/mol. The van der Waals surface area contributed by atoms with Gasteiger partial charge in [0.25, 0.3) is 0 Å². The van der Waals surface area contributed by atoms with Crippen LogP contribution in [0.1, 0.15) is 19.3 Å². The monoisotopic (exact) mass is 225 g/mol. The molecule has 2 rings (SSSR count). The molecule has 2 aliphatic rings. The van der Waals surface area contributed by atoms with E-state index in [1.54, 1.807) is 0 Å². The zero-order valence-corrected chi connectivity index (χ0v) is 10.1. The van der Waals surface area contributed by atoms with Crippen molar-refractivity contribution in [1.29, 1.82) is 0 Å². The molecule has 2 aliphatic carbocycles. The Balaban J connectivity index is 1.70. The normalized spacial score (nSPS) is 32.2. The first-order valence-corrected chi connectivity index (χ1v) is 7.15. The van der Waals surface area contributed by atoms with Crippen LogP contribution in [0.2, 0.25) is 0 Å². The van der Waals surface area contributed by atoms with Crippen LogP contribution < -0.4 is 5.32 Å². The molecule has 3 unspecified atom stereocenters. The molecule has 2 nitrogen and oxygen atoms in total. The summed E-state index contributed by atoms with van der Waals surface area (Å²) in [7, 11) is 0. The summed E-state index contributed by atoms with van der Waals surface area (Å²) >= 11 is 1.84. The first-order chi connectivity index (χ1) is 7.31. The number of fused-ring (bicyclic) bond motifs is 2. The number of carbonyl (C=O) groups is 1. The molecule has 0 radical (unpaired) electrons. The van der Waals surface area contributed by atoms with Crippen LogP contribution in [-0.2, 0) is 4.79 Å². The largest absolute Gasteiger partial charge is 0.356 e. The fourth-order valence-electron chi connectivity index (χ4n) is 2.64. The molecule has 1 saturated carbocycles. The maximum atomic E-state index is 11.8. The zero-order valence-electron chi connectivity index (χ0n) is 9.24. The zero-order chi connectivity index (χ0) is 10.7. The number of nitrogens with one attached hydrogen (secondary N) is 1. The van der Waals surface area contributed by atoms with E-state index in [1.807, 2.05) is 11.8 Å². The van der Waals surface area contributed by atoms with E-state index < -0.39 is 0 Å². The van der Waals surface area contributed by atoms with Crippen LogP contribution >= 0.6 is 11.8 Å². The summed E-state index contributed by atoms with van der Waals surface area (Å²) in [4.78, 5) is 11.8. The average Bonchev–Trinajstić information content (AvgIpc) is 2.85. The molecule has 0 heterocycles. The Morgan fingerprint density at radius 2 is 2.33 bits per heavy atom. The van der Waals surface area contributed by atoms with Gasteiger partial charge in [0.05, 0.1) is 0 Å². The van der Waals surface area contributed by atoms with Crippen molar-refractivity contribution in [2.24, 2.45) is 17.8 Å². The molecule has 84 valence electrons. The van der Waals surface area contributed by atoms with E-state index >= 15 is 0 Å². The van der Waals surface area contributed by atoms with Crippen LogP contribution in [0.5, 0.6) is 0 Å². The lowest BCUT2D eigenvalue weighted by Gasteiger charge is -2.17. The Morgan fingerprint density at radius 3 is 2.93 bits per heavy atom. The molecule has 0 aliphatic heterocycles. The summed E-state index contributed by atoms with van der Waals surface area (Å²) in [6.07, 6.45) is 9.99. The van der Waals surface area contributed by atoms with Crippen LogP contribution in [0.25, 0.3) is 0 Å². The van der Waals surface area contributed by atoms with E-state index in [9.17, 15) is 4.79 Å². The number of allylic oxidation sites excluding steroid dienone is 2. The SMILES string of the molecule is CSCCCNC(=O)C1CC2C=CC1C2. The summed E-state index contributed by atoms with van der Waals surface area (Å²) < 4.78 is 0. The Bertz CT molecular complexity index is 264. The van der Waals surface area contributed by atoms with E-state index in [0.717, 1.165) is 25.1 Å². The van der Waals surface area contributed by atoms with Gasteiger partial charge in [-0.05, 0) is 43.1 Å². The van der Waals surface area contributed by atoms with Gasteiger partial charge < -0.3 is 5.32 Å². The molecule has 3 heteroatoms. The second kappa shape index (κ2) is 5.06. The maximum absolute atomic E-state index is 11.8. The molecule has 2 bridgehead atoms. The second-order valence-electron chi connectivity index (χ2n) is 4.52. The maximum Gasteiger partial charge on any atom is 0.223 e. The highest BCUT2D eigenvalue weighted by Gasteiger charge is 2.39. The molecule has 1 fully saturated rings. The lowest BCUT2D eigenvalue weighted by molar-refractivity contribution is -0.125. The predicted octanol–water partition coefficient (Wildman–Crippen LogP) is 2.07. The first-order valence-electron chi connectivity index (χ1n) is 5.76. The van der Waals surface area contributed by atoms with E-state index in [1.165, 1.54) is 6.42 Å². The lowest BCUT2D eigenvalue weighted by Crippen LogP contribution is -2.33. The minimum absolute atomic E-state index is 0.272. The molecule has 0 aromatic heterocycles. The standard InChI is InChI=1S/C12H19NOS/c1-15-6-2-5-13-12(14)11-8-9-3-4-10(11)7-9/h3-4,9-11H,2,5-8H2,1H3,(H,13,14). The third-order valence-corrected chi connectivity index (χ3v) is 4.14. The van der Waals surface area contributed by atoms with Gasteiger partial charge in [0.2, 0.25) is 5.91 Å². The van der Waals surface area contributed by atoms with Gasteiger partial charge in [0.15, 0.2) is 0 Å². The van der Waals surface area contributed by atoms with Gasteiger partial charge in [-0.1, -0.05) is 12.2 Å². The first kappa shape index (κ1) is 11.1. The molecule has 0 aromatic rings. The van der Waals surface area contributed by atoms with E-state index in [0.29, 0.717) is 11.8 Å². The number of rotatable bonds is 5. The highest BCUT2D eigenvalue weighted by Crippen LogP contribution is 2.43. The molecular weight excluding hydrogens is 206 g/mol. The Kier molecular flexibility index (Phi) is 3.73. The summed E-state index contributed by atoms with van der Waals surface area (Å²) in [5.74, 6) is 2.92. The van der Waals surface area contributed by atoms with Crippen LogP contribution in [0, 0.1) is 17.8 Å². The second-order valence-corrected chi connectivity index (χ2v) is 5.51. The summed E-state index contributed by atoms with van der Waals surface area (Å²) in [6.45, 7) is 0.845. The van der Waals surface area contributed by atoms with E-state index in [4.69, 9.17) is 0 Å². The summed E-state index contributed by atoms with van der Waals surface area (Å²) in [5.41, 5.74) is 0.